The highest BCUT2D eigenvalue weighted by Crippen LogP contribution is 2.37. The summed E-state index contributed by atoms with van der Waals surface area (Å²) in [5.41, 5.74) is 0.0797. The van der Waals surface area contributed by atoms with Gasteiger partial charge in [0.25, 0.3) is 0 Å². The molecule has 1 saturated carbocycles. The van der Waals surface area contributed by atoms with Gasteiger partial charge in [-0.3, -0.25) is 9.89 Å². The maximum Gasteiger partial charge on any atom is 0.391 e. The van der Waals surface area contributed by atoms with E-state index in [9.17, 15) is 13.2 Å². The Labute approximate surface area is 203 Å². The van der Waals surface area contributed by atoms with Crippen molar-refractivity contribution >= 4 is 29.9 Å². The molecule has 2 saturated heterocycles. The predicted octanol–water partition coefficient (Wildman–Crippen LogP) is 4.23. The van der Waals surface area contributed by atoms with E-state index in [1.54, 1.807) is 0 Å². The van der Waals surface area contributed by atoms with Crippen LogP contribution in [0.2, 0.25) is 0 Å². The summed E-state index contributed by atoms with van der Waals surface area (Å²) in [6.45, 7) is 7.86. The van der Waals surface area contributed by atoms with Crippen LogP contribution in [-0.4, -0.2) is 79.8 Å². The number of halogens is 4. The van der Waals surface area contributed by atoms with Crippen molar-refractivity contribution in [1.29, 1.82) is 0 Å². The van der Waals surface area contributed by atoms with Crippen LogP contribution in [0, 0.1) is 5.92 Å². The van der Waals surface area contributed by atoms with Crippen LogP contribution in [0.1, 0.15) is 64.7 Å². The van der Waals surface area contributed by atoms with Gasteiger partial charge in [0.15, 0.2) is 5.96 Å². The minimum absolute atomic E-state index is 0. The summed E-state index contributed by atoms with van der Waals surface area (Å²) in [4.78, 5) is 9.98. The number of alkyl halides is 3. The average Bonchev–Trinajstić information content (AvgIpc) is 2.74. The molecule has 2 N–H and O–H groups in total. The van der Waals surface area contributed by atoms with Crippen molar-refractivity contribution in [2.45, 2.75) is 82.5 Å². The van der Waals surface area contributed by atoms with Gasteiger partial charge in [-0.25, -0.2) is 0 Å². The van der Waals surface area contributed by atoms with E-state index in [2.05, 4.69) is 27.5 Å². The Balaban J connectivity index is 0.00000341. The summed E-state index contributed by atoms with van der Waals surface area (Å²) in [5, 5.41) is 6.62. The first-order chi connectivity index (χ1) is 14.3. The van der Waals surface area contributed by atoms with Crippen LogP contribution in [0.3, 0.4) is 0 Å². The number of hydrogen-bond donors (Lipinski definition) is 2. The van der Waals surface area contributed by atoms with Crippen LogP contribution in [0.4, 0.5) is 13.2 Å². The number of nitrogens with zero attached hydrogens (tertiary/aromatic N) is 3. The van der Waals surface area contributed by atoms with Crippen molar-refractivity contribution in [3.8, 4) is 0 Å². The third kappa shape index (κ3) is 7.62. The lowest BCUT2D eigenvalue weighted by atomic mass is 9.84. The maximum atomic E-state index is 13.2. The molecule has 1 aliphatic carbocycles. The second-order valence-corrected chi connectivity index (χ2v) is 9.52. The van der Waals surface area contributed by atoms with Gasteiger partial charge in [0.2, 0.25) is 0 Å². The van der Waals surface area contributed by atoms with E-state index in [-0.39, 0.29) is 48.4 Å². The molecule has 0 bridgehead atoms. The van der Waals surface area contributed by atoms with Crippen LogP contribution in [0.15, 0.2) is 4.99 Å². The number of rotatable bonds is 5. The monoisotopic (exact) mass is 559 g/mol. The zero-order valence-corrected chi connectivity index (χ0v) is 21.5. The van der Waals surface area contributed by atoms with Crippen LogP contribution in [0.5, 0.6) is 0 Å². The second-order valence-electron chi connectivity index (χ2n) is 9.52. The van der Waals surface area contributed by atoms with Gasteiger partial charge in [0, 0.05) is 18.1 Å². The molecule has 0 aromatic carbocycles. The van der Waals surface area contributed by atoms with E-state index in [1.807, 2.05) is 6.92 Å². The summed E-state index contributed by atoms with van der Waals surface area (Å²) in [6.07, 6.45) is 3.71. The van der Waals surface area contributed by atoms with E-state index in [0.29, 0.717) is 25.5 Å². The molecule has 182 valence electrons. The summed E-state index contributed by atoms with van der Waals surface area (Å²) < 4.78 is 39.6. The molecule has 5 nitrogen and oxygen atoms in total. The number of piperidine rings is 2. The van der Waals surface area contributed by atoms with Crippen molar-refractivity contribution in [3.63, 3.8) is 0 Å². The summed E-state index contributed by atoms with van der Waals surface area (Å²) >= 11 is 0. The third-order valence-corrected chi connectivity index (χ3v) is 7.30. The molecule has 3 aliphatic rings. The van der Waals surface area contributed by atoms with Gasteiger partial charge in [-0.05, 0) is 85.1 Å². The van der Waals surface area contributed by atoms with E-state index in [0.717, 1.165) is 45.4 Å². The lowest BCUT2D eigenvalue weighted by Crippen LogP contribution is -2.58. The summed E-state index contributed by atoms with van der Waals surface area (Å²) in [5.74, 6) is -0.513. The van der Waals surface area contributed by atoms with Crippen LogP contribution >= 0.6 is 24.0 Å². The van der Waals surface area contributed by atoms with E-state index in [1.165, 1.54) is 19.3 Å². The number of guanidine groups is 1. The van der Waals surface area contributed by atoms with Crippen LogP contribution in [0.25, 0.3) is 0 Å². The molecule has 3 rings (SSSR count). The molecule has 0 aromatic rings. The topological polar surface area (TPSA) is 42.9 Å². The fraction of sp³-hybridized carbons (Fsp3) is 0.955. The highest BCUT2D eigenvalue weighted by atomic mass is 127. The SMILES string of the molecule is CCNC(=NCC1(N2CCCCC2)CCN(C)CC1)NC1CCCC(C(F)(F)F)C1.I. The number of hydrogen-bond acceptors (Lipinski definition) is 3. The van der Waals surface area contributed by atoms with Crippen molar-refractivity contribution in [2.24, 2.45) is 10.9 Å². The Hall–Kier alpha value is -0.290. The highest BCUT2D eigenvalue weighted by molar-refractivity contribution is 14.0. The molecule has 0 amide bonds. The Morgan fingerprint density at radius 1 is 1.03 bits per heavy atom. The molecule has 0 aromatic heterocycles. The lowest BCUT2D eigenvalue weighted by Gasteiger charge is -2.49. The smallest absolute Gasteiger partial charge is 0.357 e. The molecule has 2 aliphatic heterocycles. The average molecular weight is 560 g/mol. The molecule has 9 heteroatoms. The largest absolute Gasteiger partial charge is 0.391 e. The third-order valence-electron chi connectivity index (χ3n) is 7.30. The normalized spacial score (nSPS) is 28.6. The highest BCUT2D eigenvalue weighted by Gasteiger charge is 2.43. The fourth-order valence-corrected chi connectivity index (χ4v) is 5.34. The first kappa shape index (κ1) is 27.0. The first-order valence-electron chi connectivity index (χ1n) is 11.9. The zero-order valence-electron chi connectivity index (χ0n) is 19.1. The maximum absolute atomic E-state index is 13.2. The van der Waals surface area contributed by atoms with Crippen molar-refractivity contribution in [3.05, 3.63) is 0 Å². The molecule has 2 heterocycles. The van der Waals surface area contributed by atoms with Gasteiger partial charge < -0.3 is 15.5 Å². The Morgan fingerprint density at radius 3 is 2.32 bits per heavy atom. The van der Waals surface area contributed by atoms with Gasteiger partial charge in [-0.15, -0.1) is 24.0 Å². The number of aliphatic imine (C=N–C) groups is 1. The van der Waals surface area contributed by atoms with Crippen LogP contribution < -0.4 is 10.6 Å². The van der Waals surface area contributed by atoms with Gasteiger partial charge in [0.1, 0.15) is 0 Å². The Kier molecular flexibility index (Phi) is 10.7. The predicted molar refractivity (Wildman–Crippen MR) is 131 cm³/mol. The van der Waals surface area contributed by atoms with Gasteiger partial charge in [-0.2, -0.15) is 13.2 Å². The van der Waals surface area contributed by atoms with E-state index >= 15 is 0 Å². The fourth-order valence-electron chi connectivity index (χ4n) is 5.34. The molecular formula is C22H41F3IN5. The van der Waals surface area contributed by atoms with Gasteiger partial charge in [-0.1, -0.05) is 12.8 Å². The molecule has 31 heavy (non-hydrogen) atoms. The standard InChI is InChI=1S/C22H40F3N5.HI/c1-3-26-20(28-19-9-7-8-18(16-19)22(23,24)25)27-17-21(10-14-29(2)15-11-21)30-12-5-4-6-13-30;/h18-19H,3-17H2,1-2H3,(H2,26,27,28);1H. The molecular weight excluding hydrogens is 518 g/mol. The van der Waals surface area contributed by atoms with Crippen LogP contribution in [-0.2, 0) is 0 Å². The minimum atomic E-state index is -4.09. The van der Waals surface area contributed by atoms with E-state index in [4.69, 9.17) is 4.99 Å². The van der Waals surface area contributed by atoms with Gasteiger partial charge in [0.05, 0.1) is 12.5 Å². The minimum Gasteiger partial charge on any atom is -0.357 e. The Morgan fingerprint density at radius 2 is 1.71 bits per heavy atom. The Bertz CT molecular complexity index is 558. The van der Waals surface area contributed by atoms with Gasteiger partial charge >= 0.3 is 6.18 Å². The number of nitrogens with one attached hydrogen (secondary N) is 2. The molecule has 0 radical (unpaired) electrons. The summed E-state index contributed by atoms with van der Waals surface area (Å²) in [6, 6.07) is -0.161. The van der Waals surface area contributed by atoms with Crippen molar-refractivity contribution < 1.29 is 13.2 Å². The quantitative estimate of drug-likeness (QED) is 0.301. The zero-order chi connectivity index (χ0) is 21.6. The summed E-state index contributed by atoms with van der Waals surface area (Å²) in [7, 11) is 2.18. The van der Waals surface area contributed by atoms with Crippen molar-refractivity contribution in [1.82, 2.24) is 20.4 Å². The molecule has 2 unspecified atom stereocenters. The number of likely N-dealkylation sites (tertiary alicyclic amines) is 2. The molecule has 3 fully saturated rings. The second kappa shape index (κ2) is 12.3. The van der Waals surface area contributed by atoms with E-state index < -0.39 is 12.1 Å². The van der Waals surface area contributed by atoms with Crippen molar-refractivity contribution in [2.75, 3.05) is 46.3 Å². The lowest BCUT2D eigenvalue weighted by molar-refractivity contribution is -0.183. The molecule has 2 atom stereocenters. The molecule has 0 spiro atoms. The first-order valence-corrected chi connectivity index (χ1v) is 11.9.